The predicted octanol–water partition coefficient (Wildman–Crippen LogP) is 3.76. The molecule has 0 aliphatic carbocycles. The number of hydrogen-bond acceptors (Lipinski definition) is 2. The quantitative estimate of drug-likeness (QED) is 0.800. The molecule has 1 aromatic rings. The molecule has 3 nitrogen and oxygen atoms in total. The van der Waals surface area contributed by atoms with Crippen molar-refractivity contribution in [2.45, 2.75) is 51.2 Å². The third-order valence-electron chi connectivity index (χ3n) is 4.20. The number of hydrogen-bond donors (Lipinski definition) is 1. The predicted molar refractivity (Wildman–Crippen MR) is 88.9 cm³/mol. The maximum Gasteiger partial charge on any atom is 0.251 e. The van der Waals surface area contributed by atoms with Crippen molar-refractivity contribution < 1.29 is 9.53 Å². The van der Waals surface area contributed by atoms with Crippen LogP contribution in [0.25, 0.3) is 0 Å². The average molecular weight is 387 g/mol. The lowest BCUT2D eigenvalue weighted by Crippen LogP contribution is -2.48. The molecule has 1 fully saturated rings. The maximum absolute atomic E-state index is 12.3. The molecule has 1 saturated heterocycles. The summed E-state index contributed by atoms with van der Waals surface area (Å²) >= 11 is 2.23. The Morgan fingerprint density at radius 2 is 2.20 bits per heavy atom. The first-order chi connectivity index (χ1) is 9.58. The van der Waals surface area contributed by atoms with Gasteiger partial charge in [0.05, 0.1) is 5.60 Å². The normalized spacial score (nSPS) is 21.4. The highest BCUT2D eigenvalue weighted by atomic mass is 127. The molecule has 110 valence electrons. The summed E-state index contributed by atoms with van der Waals surface area (Å²) < 4.78 is 7.03. The lowest BCUT2D eigenvalue weighted by molar-refractivity contribution is -0.0917. The summed E-state index contributed by atoms with van der Waals surface area (Å²) in [6.45, 7) is 5.06. The Kier molecular flexibility index (Phi) is 5.43. The molecule has 1 aliphatic rings. The molecule has 1 N–H and O–H groups in total. The van der Waals surface area contributed by atoms with Crippen molar-refractivity contribution in [1.29, 1.82) is 0 Å². The summed E-state index contributed by atoms with van der Waals surface area (Å²) in [5.41, 5.74) is 0.684. The molecule has 1 aromatic carbocycles. The van der Waals surface area contributed by atoms with Gasteiger partial charge in [-0.3, -0.25) is 4.79 Å². The van der Waals surface area contributed by atoms with Crippen molar-refractivity contribution in [1.82, 2.24) is 5.32 Å². The first-order valence-corrected chi connectivity index (χ1v) is 8.37. The van der Waals surface area contributed by atoms with Crippen LogP contribution < -0.4 is 5.32 Å². The molecule has 2 rings (SSSR count). The van der Waals surface area contributed by atoms with E-state index in [0.29, 0.717) is 0 Å². The summed E-state index contributed by atoms with van der Waals surface area (Å²) in [7, 11) is 0. The largest absolute Gasteiger partial charge is 0.375 e. The summed E-state index contributed by atoms with van der Waals surface area (Å²) in [5, 5.41) is 3.16. The molecule has 0 bridgehead atoms. The van der Waals surface area contributed by atoms with Crippen molar-refractivity contribution in [3.8, 4) is 0 Å². The Morgan fingerprint density at radius 3 is 2.85 bits per heavy atom. The first kappa shape index (κ1) is 15.8. The van der Waals surface area contributed by atoms with Gasteiger partial charge in [-0.05, 0) is 66.5 Å². The van der Waals surface area contributed by atoms with Gasteiger partial charge in [0.1, 0.15) is 0 Å². The zero-order valence-corrected chi connectivity index (χ0v) is 14.3. The third-order valence-corrected chi connectivity index (χ3v) is 4.87. The van der Waals surface area contributed by atoms with Crippen molar-refractivity contribution >= 4 is 28.5 Å². The fourth-order valence-corrected chi connectivity index (χ4v) is 3.34. The molecule has 0 spiro atoms. The molecule has 0 saturated carbocycles. The van der Waals surface area contributed by atoms with Crippen molar-refractivity contribution in [3.63, 3.8) is 0 Å². The van der Waals surface area contributed by atoms with E-state index in [-0.39, 0.29) is 17.6 Å². The van der Waals surface area contributed by atoms with Crippen LogP contribution in [0, 0.1) is 3.57 Å². The fraction of sp³-hybridized carbons (Fsp3) is 0.562. The Labute approximate surface area is 134 Å². The minimum absolute atomic E-state index is 0.0246. The van der Waals surface area contributed by atoms with E-state index in [0.717, 1.165) is 41.4 Å². The molecule has 1 atom stereocenters. The van der Waals surface area contributed by atoms with Crippen LogP contribution in [0.3, 0.4) is 0 Å². The maximum atomic E-state index is 12.3. The van der Waals surface area contributed by atoms with E-state index in [1.54, 1.807) is 0 Å². The lowest BCUT2D eigenvalue weighted by atomic mass is 9.86. The second-order valence-electron chi connectivity index (χ2n) is 5.41. The van der Waals surface area contributed by atoms with Gasteiger partial charge in [-0.25, -0.2) is 0 Å². The van der Waals surface area contributed by atoms with Crippen LogP contribution >= 0.6 is 22.6 Å². The van der Waals surface area contributed by atoms with Gasteiger partial charge in [-0.2, -0.15) is 0 Å². The summed E-state index contributed by atoms with van der Waals surface area (Å²) in [5.74, 6) is 0.0246. The molecule has 1 amide bonds. The van der Waals surface area contributed by atoms with Crippen molar-refractivity contribution in [2.75, 3.05) is 6.61 Å². The Balaban J connectivity index is 2.01. The SMILES string of the molecule is CCC1(CC)CC(NC(=O)c2cccc(I)c2)CCO1. The number of ether oxygens (including phenoxy) is 1. The molecule has 0 radical (unpaired) electrons. The Bertz CT molecular complexity index is 471. The molecule has 1 aliphatic heterocycles. The summed E-state index contributed by atoms with van der Waals surface area (Å²) in [4.78, 5) is 12.3. The lowest BCUT2D eigenvalue weighted by Gasteiger charge is -2.40. The van der Waals surface area contributed by atoms with Gasteiger partial charge in [0.25, 0.3) is 5.91 Å². The number of amides is 1. The van der Waals surface area contributed by atoms with E-state index in [4.69, 9.17) is 4.74 Å². The molecule has 1 unspecified atom stereocenters. The standard InChI is InChI=1S/C16H22INO2/c1-3-16(4-2)11-14(8-9-20-16)18-15(19)12-6-5-7-13(17)10-12/h5-7,10,14H,3-4,8-9,11H2,1-2H3,(H,18,19). The van der Waals surface area contributed by atoms with E-state index in [2.05, 4.69) is 41.8 Å². The topological polar surface area (TPSA) is 38.3 Å². The minimum atomic E-state index is -0.0543. The Morgan fingerprint density at radius 1 is 1.45 bits per heavy atom. The van der Waals surface area contributed by atoms with E-state index >= 15 is 0 Å². The summed E-state index contributed by atoms with van der Waals surface area (Å²) in [6.07, 6.45) is 3.81. The monoisotopic (exact) mass is 387 g/mol. The second kappa shape index (κ2) is 6.89. The minimum Gasteiger partial charge on any atom is -0.375 e. The molecule has 0 aromatic heterocycles. The van der Waals surface area contributed by atoms with Gasteiger partial charge in [0.15, 0.2) is 0 Å². The molecular weight excluding hydrogens is 365 g/mol. The van der Waals surface area contributed by atoms with E-state index < -0.39 is 0 Å². The van der Waals surface area contributed by atoms with Crippen LogP contribution in [-0.2, 0) is 4.74 Å². The highest BCUT2D eigenvalue weighted by Crippen LogP contribution is 2.31. The highest BCUT2D eigenvalue weighted by Gasteiger charge is 2.35. The van der Waals surface area contributed by atoms with E-state index in [1.807, 2.05) is 24.3 Å². The van der Waals surface area contributed by atoms with Gasteiger partial charge in [-0.1, -0.05) is 19.9 Å². The van der Waals surface area contributed by atoms with Crippen LogP contribution in [0.4, 0.5) is 0 Å². The van der Waals surface area contributed by atoms with Crippen molar-refractivity contribution in [3.05, 3.63) is 33.4 Å². The number of halogens is 1. The highest BCUT2D eigenvalue weighted by molar-refractivity contribution is 14.1. The number of carbonyl (C=O) groups is 1. The van der Waals surface area contributed by atoms with Gasteiger partial charge >= 0.3 is 0 Å². The van der Waals surface area contributed by atoms with E-state index in [9.17, 15) is 4.79 Å². The third kappa shape index (κ3) is 3.73. The smallest absolute Gasteiger partial charge is 0.251 e. The number of nitrogens with one attached hydrogen (secondary N) is 1. The molecule has 4 heteroatoms. The number of benzene rings is 1. The zero-order chi connectivity index (χ0) is 14.6. The van der Waals surface area contributed by atoms with E-state index in [1.165, 1.54) is 0 Å². The molecule has 1 heterocycles. The van der Waals surface area contributed by atoms with Crippen LogP contribution in [0.2, 0.25) is 0 Å². The van der Waals surface area contributed by atoms with Gasteiger partial charge in [-0.15, -0.1) is 0 Å². The number of carbonyl (C=O) groups excluding carboxylic acids is 1. The zero-order valence-electron chi connectivity index (χ0n) is 12.1. The van der Waals surface area contributed by atoms with Crippen LogP contribution in [-0.4, -0.2) is 24.2 Å². The average Bonchev–Trinajstić information content (AvgIpc) is 2.47. The number of rotatable bonds is 4. The van der Waals surface area contributed by atoms with Crippen molar-refractivity contribution in [2.24, 2.45) is 0 Å². The first-order valence-electron chi connectivity index (χ1n) is 7.29. The van der Waals surface area contributed by atoms with Gasteiger partial charge < -0.3 is 10.1 Å². The van der Waals surface area contributed by atoms with Gasteiger partial charge in [0.2, 0.25) is 0 Å². The molecular formula is C16H22INO2. The summed E-state index contributed by atoms with van der Waals surface area (Å²) in [6, 6.07) is 7.91. The second-order valence-corrected chi connectivity index (χ2v) is 6.66. The van der Waals surface area contributed by atoms with Crippen LogP contribution in [0.1, 0.15) is 49.9 Å². The van der Waals surface area contributed by atoms with Gasteiger partial charge in [0, 0.05) is 21.8 Å². The van der Waals surface area contributed by atoms with Crippen LogP contribution in [0.5, 0.6) is 0 Å². The molecule has 20 heavy (non-hydrogen) atoms. The Hall–Kier alpha value is -0.620. The van der Waals surface area contributed by atoms with Crippen LogP contribution in [0.15, 0.2) is 24.3 Å². The fourth-order valence-electron chi connectivity index (χ4n) is 2.79.